The van der Waals surface area contributed by atoms with Crippen molar-refractivity contribution in [3.05, 3.63) is 70.2 Å². The number of aromatic nitrogens is 2. The molecule has 0 aliphatic rings. The van der Waals surface area contributed by atoms with E-state index in [1.807, 2.05) is 56.3 Å². The van der Waals surface area contributed by atoms with Crippen LogP contribution >= 0.6 is 11.3 Å². The second kappa shape index (κ2) is 7.90. The van der Waals surface area contributed by atoms with E-state index in [-0.39, 0.29) is 5.91 Å². The van der Waals surface area contributed by atoms with Crippen molar-refractivity contribution in [2.75, 3.05) is 11.9 Å². The molecule has 0 bridgehead atoms. The third-order valence-corrected chi connectivity index (χ3v) is 4.55. The first kappa shape index (κ1) is 17.1. The Morgan fingerprint density at radius 3 is 2.76 bits per heavy atom. The molecule has 0 fully saturated rings. The minimum atomic E-state index is -0.170. The maximum atomic E-state index is 12.3. The molecule has 1 amide bonds. The zero-order valence-corrected chi connectivity index (χ0v) is 15.0. The number of anilines is 1. The molecule has 2 aromatic carbocycles. The molecule has 0 aliphatic heterocycles. The fourth-order valence-electron chi connectivity index (χ4n) is 2.36. The summed E-state index contributed by atoms with van der Waals surface area (Å²) < 4.78 is 5.72. The summed E-state index contributed by atoms with van der Waals surface area (Å²) in [5, 5.41) is 12.3. The Balaban J connectivity index is 1.54. The molecule has 3 rings (SSSR count). The van der Waals surface area contributed by atoms with Gasteiger partial charge in [0.05, 0.1) is 6.61 Å². The Hall–Kier alpha value is -2.73. The summed E-state index contributed by atoms with van der Waals surface area (Å²) >= 11 is 1.37. The normalized spacial score (nSPS) is 10.5. The van der Waals surface area contributed by atoms with Crippen molar-refractivity contribution in [3.63, 3.8) is 0 Å². The van der Waals surface area contributed by atoms with Gasteiger partial charge in [-0.05, 0) is 43.2 Å². The van der Waals surface area contributed by atoms with Gasteiger partial charge in [0, 0.05) is 12.0 Å². The van der Waals surface area contributed by atoms with Crippen molar-refractivity contribution in [3.8, 4) is 5.75 Å². The highest BCUT2D eigenvalue weighted by Crippen LogP contribution is 2.18. The van der Waals surface area contributed by atoms with E-state index >= 15 is 0 Å². The minimum absolute atomic E-state index is 0.170. The highest BCUT2D eigenvalue weighted by atomic mass is 32.1. The summed E-state index contributed by atoms with van der Waals surface area (Å²) in [5.41, 5.74) is 2.73. The highest BCUT2D eigenvalue weighted by Gasteiger charge is 2.12. The number of ether oxygens (including phenoxy) is 1. The van der Waals surface area contributed by atoms with Crippen LogP contribution in [-0.4, -0.2) is 22.7 Å². The number of nitrogens with zero attached hydrogens (tertiary/aromatic N) is 2. The summed E-state index contributed by atoms with van der Waals surface area (Å²) in [6.45, 7) is 4.45. The molecule has 0 atom stereocenters. The third kappa shape index (κ3) is 4.64. The fraction of sp³-hybridized carbons (Fsp3) is 0.211. The Morgan fingerprint density at radius 2 is 1.96 bits per heavy atom. The van der Waals surface area contributed by atoms with Gasteiger partial charge in [-0.25, -0.2) is 0 Å². The van der Waals surface area contributed by atoms with E-state index in [0.717, 1.165) is 21.9 Å². The topological polar surface area (TPSA) is 64.1 Å². The molecule has 0 saturated carbocycles. The van der Waals surface area contributed by atoms with Crippen molar-refractivity contribution < 1.29 is 9.53 Å². The predicted molar refractivity (Wildman–Crippen MR) is 99.4 cm³/mol. The van der Waals surface area contributed by atoms with Gasteiger partial charge in [0.15, 0.2) is 0 Å². The summed E-state index contributed by atoms with van der Waals surface area (Å²) in [5.74, 6) is 0.675. The fourth-order valence-corrected chi connectivity index (χ4v) is 3.07. The van der Waals surface area contributed by atoms with Crippen LogP contribution < -0.4 is 10.1 Å². The van der Waals surface area contributed by atoms with Crippen molar-refractivity contribution >= 4 is 22.4 Å². The predicted octanol–water partition coefficient (Wildman–Crippen LogP) is 4.03. The summed E-state index contributed by atoms with van der Waals surface area (Å²) in [4.78, 5) is 12.3. The van der Waals surface area contributed by atoms with Crippen molar-refractivity contribution in [2.24, 2.45) is 0 Å². The van der Waals surface area contributed by atoms with Gasteiger partial charge < -0.3 is 4.74 Å². The molecule has 1 N–H and O–H groups in total. The van der Waals surface area contributed by atoms with E-state index in [1.54, 1.807) is 6.07 Å². The second-order valence-corrected chi connectivity index (χ2v) is 6.75. The Labute approximate surface area is 150 Å². The maximum absolute atomic E-state index is 12.3. The lowest BCUT2D eigenvalue weighted by Gasteiger charge is -2.05. The smallest absolute Gasteiger partial charge is 0.257 e. The van der Waals surface area contributed by atoms with Crippen LogP contribution in [0.25, 0.3) is 0 Å². The quantitative estimate of drug-likeness (QED) is 0.727. The number of nitrogens with one attached hydrogen (secondary N) is 1. The monoisotopic (exact) mass is 353 g/mol. The molecule has 0 radical (unpaired) electrons. The molecule has 25 heavy (non-hydrogen) atoms. The molecule has 6 heteroatoms. The second-order valence-electron chi connectivity index (χ2n) is 5.68. The molecular weight excluding hydrogens is 334 g/mol. The summed E-state index contributed by atoms with van der Waals surface area (Å²) in [7, 11) is 0. The van der Waals surface area contributed by atoms with E-state index < -0.39 is 0 Å². The molecule has 0 saturated heterocycles. The number of carbonyl (C=O) groups is 1. The average Bonchev–Trinajstić information content (AvgIpc) is 3.02. The zero-order valence-electron chi connectivity index (χ0n) is 14.2. The number of rotatable bonds is 6. The van der Waals surface area contributed by atoms with Gasteiger partial charge in [-0.3, -0.25) is 10.1 Å². The van der Waals surface area contributed by atoms with Crippen LogP contribution in [0.5, 0.6) is 5.75 Å². The maximum Gasteiger partial charge on any atom is 0.257 e. The van der Waals surface area contributed by atoms with Crippen LogP contribution in [0.3, 0.4) is 0 Å². The molecule has 0 aliphatic carbocycles. The first-order chi connectivity index (χ1) is 12.1. The summed E-state index contributed by atoms with van der Waals surface area (Å²) in [6, 6.07) is 15.4. The number of benzene rings is 2. The van der Waals surface area contributed by atoms with Gasteiger partial charge in [-0.1, -0.05) is 41.7 Å². The van der Waals surface area contributed by atoms with Crippen LogP contribution in [0.2, 0.25) is 0 Å². The lowest BCUT2D eigenvalue weighted by Crippen LogP contribution is -2.12. The standard InChI is InChI=1S/C19H19N3O2S/c1-13-6-5-8-15(12-13)24-11-10-17-21-22-19(25-17)20-18(23)16-9-4-3-7-14(16)2/h3-9,12H,10-11H2,1-2H3,(H,20,22,23). The minimum Gasteiger partial charge on any atom is -0.493 e. The van der Waals surface area contributed by atoms with Gasteiger partial charge in [-0.15, -0.1) is 10.2 Å². The molecule has 0 unspecified atom stereocenters. The third-order valence-electron chi connectivity index (χ3n) is 3.65. The Bertz CT molecular complexity index is 876. The van der Waals surface area contributed by atoms with Crippen LogP contribution in [0.15, 0.2) is 48.5 Å². The van der Waals surface area contributed by atoms with Crippen molar-refractivity contribution in [1.82, 2.24) is 10.2 Å². The first-order valence-electron chi connectivity index (χ1n) is 8.00. The van der Waals surface area contributed by atoms with Crippen LogP contribution in [0, 0.1) is 13.8 Å². The van der Waals surface area contributed by atoms with E-state index in [4.69, 9.17) is 4.74 Å². The molecular formula is C19H19N3O2S. The number of carbonyl (C=O) groups excluding carboxylic acids is 1. The van der Waals surface area contributed by atoms with Crippen molar-refractivity contribution in [2.45, 2.75) is 20.3 Å². The number of aryl methyl sites for hydroxylation is 2. The Kier molecular flexibility index (Phi) is 5.40. The van der Waals surface area contributed by atoms with E-state index in [2.05, 4.69) is 15.5 Å². The summed E-state index contributed by atoms with van der Waals surface area (Å²) in [6.07, 6.45) is 0.645. The van der Waals surface area contributed by atoms with E-state index in [0.29, 0.717) is 23.7 Å². The molecule has 3 aromatic rings. The van der Waals surface area contributed by atoms with Crippen LogP contribution in [0.1, 0.15) is 26.5 Å². The van der Waals surface area contributed by atoms with Crippen LogP contribution in [0.4, 0.5) is 5.13 Å². The molecule has 0 spiro atoms. The van der Waals surface area contributed by atoms with Gasteiger partial charge in [-0.2, -0.15) is 0 Å². The molecule has 5 nitrogen and oxygen atoms in total. The average molecular weight is 353 g/mol. The lowest BCUT2D eigenvalue weighted by atomic mass is 10.1. The van der Waals surface area contributed by atoms with Gasteiger partial charge in [0.2, 0.25) is 5.13 Å². The molecule has 1 heterocycles. The number of hydrogen-bond acceptors (Lipinski definition) is 5. The lowest BCUT2D eigenvalue weighted by molar-refractivity contribution is 0.102. The number of amides is 1. The van der Waals surface area contributed by atoms with Gasteiger partial charge >= 0.3 is 0 Å². The van der Waals surface area contributed by atoms with Gasteiger partial charge in [0.1, 0.15) is 10.8 Å². The van der Waals surface area contributed by atoms with Crippen LogP contribution in [-0.2, 0) is 6.42 Å². The highest BCUT2D eigenvalue weighted by molar-refractivity contribution is 7.15. The molecule has 1 aromatic heterocycles. The SMILES string of the molecule is Cc1cccc(OCCc2nnc(NC(=O)c3ccccc3C)s2)c1. The van der Waals surface area contributed by atoms with Gasteiger partial charge in [0.25, 0.3) is 5.91 Å². The Morgan fingerprint density at radius 1 is 1.12 bits per heavy atom. The molecule has 128 valence electrons. The zero-order chi connectivity index (χ0) is 17.6. The van der Waals surface area contributed by atoms with Crippen molar-refractivity contribution in [1.29, 1.82) is 0 Å². The van der Waals surface area contributed by atoms with E-state index in [1.165, 1.54) is 11.3 Å². The number of hydrogen-bond donors (Lipinski definition) is 1. The first-order valence-corrected chi connectivity index (χ1v) is 8.82. The largest absolute Gasteiger partial charge is 0.493 e. The van der Waals surface area contributed by atoms with E-state index in [9.17, 15) is 4.79 Å².